The van der Waals surface area contributed by atoms with E-state index in [0.29, 0.717) is 29.0 Å². The third-order valence-corrected chi connectivity index (χ3v) is 4.79. The van der Waals surface area contributed by atoms with Crippen molar-refractivity contribution >= 4 is 21.4 Å². The number of hydrogen-bond donors (Lipinski definition) is 2. The van der Waals surface area contributed by atoms with E-state index in [-0.39, 0.29) is 4.90 Å². The summed E-state index contributed by atoms with van der Waals surface area (Å²) in [7, 11) is -3.68. The summed E-state index contributed by atoms with van der Waals surface area (Å²) in [5.41, 5.74) is 7.91. The Kier molecular flexibility index (Phi) is 3.71. The molecule has 0 unspecified atom stereocenters. The Morgan fingerprint density at radius 3 is 2.65 bits per heavy atom. The lowest BCUT2D eigenvalue weighted by molar-refractivity contribution is 0.600. The average Bonchev–Trinajstić information content (AvgIpc) is 2.81. The zero-order valence-electron chi connectivity index (χ0n) is 11.7. The summed E-state index contributed by atoms with van der Waals surface area (Å²) in [6.07, 6.45) is 3.13. The fourth-order valence-electron chi connectivity index (χ4n) is 2.05. The molecule has 0 atom stereocenters. The molecule has 0 bridgehead atoms. The maximum atomic E-state index is 12.5. The molecule has 3 N–H and O–H groups in total. The number of anilines is 2. The topological polar surface area (TPSA) is 90.0 Å². The van der Waals surface area contributed by atoms with Crippen molar-refractivity contribution < 1.29 is 8.42 Å². The minimum absolute atomic E-state index is 0.224. The van der Waals surface area contributed by atoms with Crippen molar-refractivity contribution in [1.29, 1.82) is 0 Å². The minimum atomic E-state index is -3.68. The van der Waals surface area contributed by atoms with Gasteiger partial charge in [0.15, 0.2) is 0 Å². The average molecular weight is 294 g/mol. The summed E-state index contributed by atoms with van der Waals surface area (Å²) in [6.45, 7) is 6.05. The standard InChI is InChI=1S/C13H18N4O2S/c1-4-17-8-11(7-15-17)16-20(18,19)13-9(2)5-6-12(14)10(13)3/h5-8,16H,4,14H2,1-3H3. The Morgan fingerprint density at radius 2 is 2.05 bits per heavy atom. The number of hydrogen-bond acceptors (Lipinski definition) is 4. The molecule has 6 nitrogen and oxygen atoms in total. The molecule has 1 heterocycles. The van der Waals surface area contributed by atoms with Gasteiger partial charge in [-0.3, -0.25) is 9.40 Å². The van der Waals surface area contributed by atoms with Gasteiger partial charge in [-0.15, -0.1) is 0 Å². The van der Waals surface area contributed by atoms with Gasteiger partial charge in [-0.2, -0.15) is 5.10 Å². The lowest BCUT2D eigenvalue weighted by atomic mass is 10.1. The minimum Gasteiger partial charge on any atom is -0.398 e. The van der Waals surface area contributed by atoms with Crippen LogP contribution in [-0.2, 0) is 16.6 Å². The molecule has 0 amide bonds. The molecule has 0 fully saturated rings. The van der Waals surface area contributed by atoms with Crippen LogP contribution in [0.1, 0.15) is 18.1 Å². The number of aromatic nitrogens is 2. The number of nitrogens with zero attached hydrogens (tertiary/aromatic N) is 2. The van der Waals surface area contributed by atoms with E-state index in [9.17, 15) is 8.42 Å². The first-order valence-electron chi connectivity index (χ1n) is 6.26. The largest absolute Gasteiger partial charge is 0.398 e. The highest BCUT2D eigenvalue weighted by atomic mass is 32.2. The van der Waals surface area contributed by atoms with Crippen LogP contribution in [0.3, 0.4) is 0 Å². The molecule has 0 aliphatic rings. The lowest BCUT2D eigenvalue weighted by Crippen LogP contribution is -2.16. The molecular weight excluding hydrogens is 276 g/mol. The molecule has 0 saturated heterocycles. The number of benzene rings is 1. The molecule has 0 spiro atoms. The Labute approximate surface area is 118 Å². The highest BCUT2D eigenvalue weighted by Gasteiger charge is 2.21. The maximum absolute atomic E-state index is 12.5. The van der Waals surface area contributed by atoms with Crippen molar-refractivity contribution in [2.45, 2.75) is 32.2 Å². The van der Waals surface area contributed by atoms with Crippen LogP contribution < -0.4 is 10.5 Å². The van der Waals surface area contributed by atoms with E-state index in [4.69, 9.17) is 5.73 Å². The van der Waals surface area contributed by atoms with Crippen molar-refractivity contribution in [3.63, 3.8) is 0 Å². The highest BCUT2D eigenvalue weighted by Crippen LogP contribution is 2.26. The molecule has 0 aliphatic heterocycles. The van der Waals surface area contributed by atoms with E-state index in [0.717, 1.165) is 0 Å². The molecule has 1 aromatic carbocycles. The second kappa shape index (κ2) is 5.16. The van der Waals surface area contributed by atoms with Gasteiger partial charge in [-0.05, 0) is 38.0 Å². The van der Waals surface area contributed by atoms with Crippen LogP contribution in [0.15, 0.2) is 29.4 Å². The molecule has 20 heavy (non-hydrogen) atoms. The van der Waals surface area contributed by atoms with Gasteiger partial charge >= 0.3 is 0 Å². The van der Waals surface area contributed by atoms with Crippen molar-refractivity contribution in [1.82, 2.24) is 9.78 Å². The molecule has 0 aliphatic carbocycles. The second-order valence-corrected chi connectivity index (χ2v) is 6.24. The van der Waals surface area contributed by atoms with Gasteiger partial charge in [0.25, 0.3) is 10.0 Å². The molecule has 7 heteroatoms. The second-order valence-electron chi connectivity index (χ2n) is 4.62. The monoisotopic (exact) mass is 294 g/mol. The van der Waals surface area contributed by atoms with E-state index < -0.39 is 10.0 Å². The highest BCUT2D eigenvalue weighted by molar-refractivity contribution is 7.92. The van der Waals surface area contributed by atoms with Gasteiger partial charge in [0.2, 0.25) is 0 Å². The van der Waals surface area contributed by atoms with Crippen molar-refractivity contribution in [3.8, 4) is 0 Å². The van der Waals surface area contributed by atoms with Crippen LogP contribution in [0.2, 0.25) is 0 Å². The van der Waals surface area contributed by atoms with Crippen LogP contribution in [-0.4, -0.2) is 18.2 Å². The summed E-state index contributed by atoms with van der Waals surface area (Å²) in [5.74, 6) is 0. The van der Waals surface area contributed by atoms with Gasteiger partial charge in [-0.25, -0.2) is 8.42 Å². The van der Waals surface area contributed by atoms with Crippen molar-refractivity contribution in [3.05, 3.63) is 35.7 Å². The molecule has 0 saturated carbocycles. The van der Waals surface area contributed by atoms with Crippen LogP contribution in [0.5, 0.6) is 0 Å². The van der Waals surface area contributed by atoms with Crippen molar-refractivity contribution in [2.75, 3.05) is 10.5 Å². The summed E-state index contributed by atoms with van der Waals surface area (Å²) >= 11 is 0. The van der Waals surface area contributed by atoms with Crippen LogP contribution in [0.25, 0.3) is 0 Å². The fraction of sp³-hybridized carbons (Fsp3) is 0.308. The van der Waals surface area contributed by atoms with Crippen LogP contribution >= 0.6 is 0 Å². The number of nitrogens with one attached hydrogen (secondary N) is 1. The number of sulfonamides is 1. The van der Waals surface area contributed by atoms with E-state index >= 15 is 0 Å². The molecule has 2 aromatic rings. The third kappa shape index (κ3) is 2.62. The normalized spacial score (nSPS) is 11.6. The van der Waals surface area contributed by atoms with E-state index in [2.05, 4.69) is 9.82 Å². The van der Waals surface area contributed by atoms with Crippen LogP contribution in [0.4, 0.5) is 11.4 Å². The predicted octanol–water partition coefficient (Wildman–Crippen LogP) is 1.90. The SMILES string of the molecule is CCn1cc(NS(=O)(=O)c2c(C)ccc(N)c2C)cn1. The number of aryl methyl sites for hydroxylation is 2. The van der Waals surface area contributed by atoms with Crippen LogP contribution in [0, 0.1) is 13.8 Å². The summed E-state index contributed by atoms with van der Waals surface area (Å²) < 4.78 is 29.2. The number of nitrogens with two attached hydrogens (primary N) is 1. The molecule has 108 valence electrons. The Bertz CT molecular complexity index is 735. The summed E-state index contributed by atoms with van der Waals surface area (Å²) in [5, 5.41) is 4.04. The lowest BCUT2D eigenvalue weighted by Gasteiger charge is -2.13. The number of nitrogen functional groups attached to an aromatic ring is 1. The zero-order valence-corrected chi connectivity index (χ0v) is 12.5. The van der Waals surface area contributed by atoms with E-state index in [1.54, 1.807) is 36.9 Å². The first-order valence-corrected chi connectivity index (χ1v) is 7.74. The molecule has 1 aromatic heterocycles. The van der Waals surface area contributed by atoms with Gasteiger partial charge in [0.05, 0.1) is 16.8 Å². The molecule has 2 rings (SSSR count). The predicted molar refractivity (Wildman–Crippen MR) is 79.0 cm³/mol. The smallest absolute Gasteiger partial charge is 0.262 e. The first kappa shape index (κ1) is 14.4. The van der Waals surface area contributed by atoms with Crippen molar-refractivity contribution in [2.24, 2.45) is 0 Å². The number of rotatable bonds is 4. The molecule has 0 radical (unpaired) electrons. The Hall–Kier alpha value is -2.02. The van der Waals surface area contributed by atoms with Gasteiger partial charge in [0.1, 0.15) is 0 Å². The quantitative estimate of drug-likeness (QED) is 0.843. The van der Waals surface area contributed by atoms with Gasteiger partial charge < -0.3 is 5.73 Å². The van der Waals surface area contributed by atoms with Gasteiger partial charge in [-0.1, -0.05) is 6.07 Å². The fourth-order valence-corrected chi connectivity index (χ4v) is 3.58. The third-order valence-electron chi connectivity index (χ3n) is 3.12. The zero-order chi connectivity index (χ0) is 14.9. The maximum Gasteiger partial charge on any atom is 0.262 e. The van der Waals surface area contributed by atoms with E-state index in [1.807, 2.05) is 6.92 Å². The Balaban J connectivity index is 2.43. The van der Waals surface area contributed by atoms with E-state index in [1.165, 1.54) is 6.20 Å². The molecular formula is C13H18N4O2S. The Morgan fingerprint density at radius 1 is 1.35 bits per heavy atom. The van der Waals surface area contributed by atoms with Gasteiger partial charge in [0, 0.05) is 18.4 Å². The summed E-state index contributed by atoms with van der Waals surface area (Å²) in [4.78, 5) is 0.224. The first-order chi connectivity index (χ1) is 9.35. The summed E-state index contributed by atoms with van der Waals surface area (Å²) in [6, 6.07) is 3.41.